The van der Waals surface area contributed by atoms with Crippen molar-refractivity contribution in [3.8, 4) is 0 Å². The zero-order chi connectivity index (χ0) is 17.1. The van der Waals surface area contributed by atoms with Crippen molar-refractivity contribution in [1.29, 1.82) is 0 Å². The molecule has 7 heteroatoms. The molecule has 2 aromatic heterocycles. The zero-order valence-corrected chi connectivity index (χ0v) is 15.1. The Morgan fingerprint density at radius 2 is 2.08 bits per heavy atom. The van der Waals surface area contributed by atoms with Gasteiger partial charge in [-0.2, -0.15) is 5.10 Å². The first-order valence-electron chi connectivity index (χ1n) is 8.76. The van der Waals surface area contributed by atoms with Gasteiger partial charge in [0.05, 0.1) is 18.3 Å². The van der Waals surface area contributed by atoms with Gasteiger partial charge in [-0.25, -0.2) is 0 Å². The number of nitrogens with zero attached hydrogens (tertiary/aromatic N) is 6. The van der Waals surface area contributed by atoms with E-state index in [0.717, 1.165) is 19.5 Å². The summed E-state index contributed by atoms with van der Waals surface area (Å²) in [5, 5.41) is 12.5. The molecule has 7 nitrogen and oxygen atoms in total. The highest BCUT2D eigenvalue weighted by molar-refractivity contribution is 5.10. The first-order chi connectivity index (χ1) is 11.6. The number of piperidine rings is 1. The van der Waals surface area contributed by atoms with Crippen molar-refractivity contribution in [2.45, 2.75) is 38.8 Å². The number of hydrogen-bond acceptors (Lipinski definition) is 6. The lowest BCUT2D eigenvalue weighted by molar-refractivity contribution is 0.0850. The van der Waals surface area contributed by atoms with Crippen molar-refractivity contribution >= 4 is 0 Å². The van der Waals surface area contributed by atoms with Crippen LogP contribution in [0.25, 0.3) is 0 Å². The summed E-state index contributed by atoms with van der Waals surface area (Å²) in [6.07, 6.45) is 5.15. The van der Waals surface area contributed by atoms with Crippen molar-refractivity contribution in [2.24, 2.45) is 13.0 Å². The molecule has 3 rings (SSSR count). The fourth-order valence-electron chi connectivity index (χ4n) is 3.78. The van der Waals surface area contributed by atoms with Crippen LogP contribution in [0.4, 0.5) is 0 Å². The Kier molecular flexibility index (Phi) is 5.30. The van der Waals surface area contributed by atoms with Crippen LogP contribution in [0.5, 0.6) is 0 Å². The summed E-state index contributed by atoms with van der Waals surface area (Å²) in [4.78, 5) is 4.75. The smallest absolute Gasteiger partial charge is 0.230 e. The van der Waals surface area contributed by atoms with Crippen LogP contribution >= 0.6 is 0 Å². The zero-order valence-electron chi connectivity index (χ0n) is 15.1. The van der Waals surface area contributed by atoms with E-state index in [2.05, 4.69) is 45.3 Å². The van der Waals surface area contributed by atoms with Crippen LogP contribution in [0.1, 0.15) is 43.3 Å². The number of likely N-dealkylation sites (tertiary alicyclic amines) is 1. The summed E-state index contributed by atoms with van der Waals surface area (Å²) in [5.74, 6) is 1.98. The van der Waals surface area contributed by atoms with Gasteiger partial charge in [-0.1, -0.05) is 6.92 Å². The predicted molar refractivity (Wildman–Crippen MR) is 91.3 cm³/mol. The molecule has 2 aromatic rings. The van der Waals surface area contributed by atoms with E-state index < -0.39 is 0 Å². The molecule has 0 amide bonds. The van der Waals surface area contributed by atoms with Crippen molar-refractivity contribution < 1.29 is 4.42 Å². The van der Waals surface area contributed by atoms with Gasteiger partial charge in [0.15, 0.2) is 0 Å². The highest BCUT2D eigenvalue weighted by Crippen LogP contribution is 2.35. The minimum atomic E-state index is 0.405. The van der Waals surface area contributed by atoms with Crippen LogP contribution < -0.4 is 0 Å². The number of rotatable bonds is 6. The molecular weight excluding hydrogens is 304 g/mol. The van der Waals surface area contributed by atoms with Crippen LogP contribution in [0.15, 0.2) is 16.7 Å². The SMILES string of the molecule is CCc1nnc(CN(C)C[C@@H]2CCCN(C)[C@H]2c2ccnn2C)o1. The summed E-state index contributed by atoms with van der Waals surface area (Å²) in [6, 6.07) is 2.55. The molecule has 132 valence electrons. The van der Waals surface area contributed by atoms with Crippen LogP contribution in [0, 0.1) is 5.92 Å². The van der Waals surface area contributed by atoms with E-state index in [9.17, 15) is 0 Å². The Labute approximate surface area is 143 Å². The van der Waals surface area contributed by atoms with Crippen LogP contribution in [-0.4, -0.2) is 57.0 Å². The van der Waals surface area contributed by atoms with Crippen molar-refractivity contribution in [1.82, 2.24) is 29.8 Å². The van der Waals surface area contributed by atoms with Gasteiger partial charge < -0.3 is 4.42 Å². The second-order valence-corrected chi connectivity index (χ2v) is 6.85. The summed E-state index contributed by atoms with van der Waals surface area (Å²) in [6.45, 7) is 4.87. The molecule has 0 radical (unpaired) electrons. The lowest BCUT2D eigenvalue weighted by atomic mass is 9.87. The third kappa shape index (κ3) is 3.67. The molecule has 1 aliphatic rings. The largest absolute Gasteiger partial charge is 0.424 e. The summed E-state index contributed by atoms with van der Waals surface area (Å²) >= 11 is 0. The van der Waals surface area contributed by atoms with E-state index in [4.69, 9.17) is 4.42 Å². The van der Waals surface area contributed by atoms with E-state index >= 15 is 0 Å². The average Bonchev–Trinajstić information content (AvgIpc) is 3.16. The van der Waals surface area contributed by atoms with E-state index in [0.29, 0.717) is 30.3 Å². The molecule has 0 saturated carbocycles. The molecule has 0 N–H and O–H groups in total. The molecule has 24 heavy (non-hydrogen) atoms. The maximum atomic E-state index is 5.64. The second-order valence-electron chi connectivity index (χ2n) is 6.85. The first-order valence-corrected chi connectivity index (χ1v) is 8.76. The summed E-state index contributed by atoms with van der Waals surface area (Å²) in [5.41, 5.74) is 1.29. The van der Waals surface area contributed by atoms with Gasteiger partial charge in [-0.15, -0.1) is 10.2 Å². The number of aryl methyl sites for hydroxylation is 2. The standard InChI is InChI=1S/C17H28N6O/c1-5-15-19-20-16(24-15)12-21(2)11-13-7-6-10-22(3)17(13)14-8-9-18-23(14)4/h8-9,13,17H,5-7,10-12H2,1-4H3/t13-,17+/m0/s1. The average molecular weight is 332 g/mol. The summed E-state index contributed by atoms with van der Waals surface area (Å²) in [7, 11) is 6.38. The Balaban J connectivity index is 1.68. The molecule has 1 aliphatic heterocycles. The lowest BCUT2D eigenvalue weighted by Gasteiger charge is -2.40. The normalized spacial score (nSPS) is 22.4. The van der Waals surface area contributed by atoms with E-state index in [1.165, 1.54) is 18.5 Å². The van der Waals surface area contributed by atoms with Gasteiger partial charge in [-0.3, -0.25) is 14.5 Å². The molecule has 1 fully saturated rings. The van der Waals surface area contributed by atoms with Gasteiger partial charge in [-0.05, 0) is 45.5 Å². The van der Waals surface area contributed by atoms with Crippen molar-refractivity contribution in [2.75, 3.05) is 27.2 Å². The molecular formula is C17H28N6O. The molecule has 0 spiro atoms. The monoisotopic (exact) mass is 332 g/mol. The van der Waals surface area contributed by atoms with E-state index in [1.807, 2.05) is 24.9 Å². The minimum absolute atomic E-state index is 0.405. The van der Waals surface area contributed by atoms with Gasteiger partial charge in [0.2, 0.25) is 11.8 Å². The highest BCUT2D eigenvalue weighted by atomic mass is 16.4. The molecule has 1 saturated heterocycles. The van der Waals surface area contributed by atoms with Gasteiger partial charge >= 0.3 is 0 Å². The Morgan fingerprint density at radius 3 is 2.75 bits per heavy atom. The topological polar surface area (TPSA) is 63.2 Å². The molecule has 0 bridgehead atoms. The van der Waals surface area contributed by atoms with Crippen LogP contribution in [0.2, 0.25) is 0 Å². The van der Waals surface area contributed by atoms with E-state index in [1.54, 1.807) is 0 Å². The fraction of sp³-hybridized carbons (Fsp3) is 0.706. The third-order valence-electron chi connectivity index (χ3n) is 4.93. The number of aromatic nitrogens is 4. The minimum Gasteiger partial charge on any atom is -0.424 e. The first kappa shape index (κ1) is 17.1. The van der Waals surface area contributed by atoms with Gasteiger partial charge in [0, 0.05) is 26.2 Å². The summed E-state index contributed by atoms with van der Waals surface area (Å²) < 4.78 is 7.65. The van der Waals surface area contributed by atoms with E-state index in [-0.39, 0.29) is 0 Å². The van der Waals surface area contributed by atoms with Gasteiger partial charge in [0.25, 0.3) is 0 Å². The molecule has 0 aromatic carbocycles. The Morgan fingerprint density at radius 1 is 1.29 bits per heavy atom. The molecule has 2 atom stereocenters. The highest BCUT2D eigenvalue weighted by Gasteiger charge is 2.33. The maximum absolute atomic E-state index is 5.64. The molecule has 3 heterocycles. The predicted octanol–water partition coefficient (Wildman–Crippen LogP) is 1.88. The van der Waals surface area contributed by atoms with Crippen LogP contribution in [-0.2, 0) is 20.0 Å². The number of hydrogen-bond donors (Lipinski definition) is 0. The third-order valence-corrected chi connectivity index (χ3v) is 4.93. The quantitative estimate of drug-likeness (QED) is 0.805. The Hall–Kier alpha value is -1.73. The molecule has 0 aliphatic carbocycles. The molecule has 0 unspecified atom stereocenters. The van der Waals surface area contributed by atoms with Crippen molar-refractivity contribution in [3.63, 3.8) is 0 Å². The van der Waals surface area contributed by atoms with Crippen molar-refractivity contribution in [3.05, 3.63) is 29.7 Å². The lowest BCUT2D eigenvalue weighted by Crippen LogP contribution is -2.41. The fourth-order valence-corrected chi connectivity index (χ4v) is 3.78. The Bertz CT molecular complexity index is 651. The van der Waals surface area contributed by atoms with Crippen LogP contribution in [0.3, 0.4) is 0 Å². The second kappa shape index (κ2) is 7.44. The van der Waals surface area contributed by atoms with Gasteiger partial charge in [0.1, 0.15) is 0 Å². The maximum Gasteiger partial charge on any atom is 0.230 e.